The minimum Gasteiger partial charge on any atom is -0.326 e. The van der Waals surface area contributed by atoms with Crippen molar-refractivity contribution >= 4 is 21.2 Å². The Labute approximate surface area is 106 Å². The van der Waals surface area contributed by atoms with E-state index >= 15 is 0 Å². The van der Waals surface area contributed by atoms with Gasteiger partial charge in [0.2, 0.25) is 0 Å². The highest BCUT2D eigenvalue weighted by atomic mass is 32.2. The van der Waals surface area contributed by atoms with E-state index in [4.69, 9.17) is 5.73 Å². The van der Waals surface area contributed by atoms with Gasteiger partial charge in [-0.05, 0) is 19.3 Å². The molecule has 0 unspecified atom stereocenters. The monoisotopic (exact) mass is 274 g/mol. The van der Waals surface area contributed by atoms with Gasteiger partial charge in [-0.25, -0.2) is 13.4 Å². The fourth-order valence-electron chi connectivity index (χ4n) is 1.87. The van der Waals surface area contributed by atoms with Crippen molar-refractivity contribution in [3.63, 3.8) is 0 Å². The smallest absolute Gasteiger partial charge is 0.156 e. The largest absolute Gasteiger partial charge is 0.326 e. The quantitative estimate of drug-likeness (QED) is 0.858. The lowest BCUT2D eigenvalue weighted by Crippen LogP contribution is -2.08. The number of nitrogens with two attached hydrogens (primary N) is 1. The predicted molar refractivity (Wildman–Crippen MR) is 69.8 cm³/mol. The van der Waals surface area contributed by atoms with Gasteiger partial charge in [-0.1, -0.05) is 6.92 Å². The summed E-state index contributed by atoms with van der Waals surface area (Å²) in [7, 11) is -2.99. The average Bonchev–Trinajstić information content (AvgIpc) is 3.00. The standard InChI is InChI=1S/C11H18N2O2S2/c1-2-5-17(14,15)7-10-13-11(8-3-4-8)9(6-12)16-10/h8H,2-7,12H2,1H3. The highest BCUT2D eigenvalue weighted by Crippen LogP contribution is 2.42. The zero-order valence-corrected chi connectivity index (χ0v) is 11.6. The average molecular weight is 274 g/mol. The normalized spacial score (nSPS) is 16.4. The van der Waals surface area contributed by atoms with Crippen molar-refractivity contribution in [1.29, 1.82) is 0 Å². The third-order valence-corrected chi connectivity index (χ3v) is 5.80. The molecule has 0 atom stereocenters. The van der Waals surface area contributed by atoms with Gasteiger partial charge in [0, 0.05) is 17.3 Å². The molecule has 17 heavy (non-hydrogen) atoms. The summed E-state index contributed by atoms with van der Waals surface area (Å²) in [5.74, 6) is 0.849. The summed E-state index contributed by atoms with van der Waals surface area (Å²) < 4.78 is 23.5. The molecule has 0 aromatic carbocycles. The van der Waals surface area contributed by atoms with Gasteiger partial charge in [0.25, 0.3) is 0 Å². The van der Waals surface area contributed by atoms with Crippen LogP contribution in [-0.4, -0.2) is 19.2 Å². The summed E-state index contributed by atoms with van der Waals surface area (Å²) in [6.45, 7) is 2.34. The Bertz CT molecular complexity index is 490. The molecule has 0 saturated heterocycles. The van der Waals surface area contributed by atoms with E-state index < -0.39 is 9.84 Å². The Morgan fingerprint density at radius 1 is 1.47 bits per heavy atom. The summed E-state index contributed by atoms with van der Waals surface area (Å²) in [6, 6.07) is 0. The van der Waals surface area contributed by atoms with Crippen LogP contribution in [0.25, 0.3) is 0 Å². The van der Waals surface area contributed by atoms with Crippen molar-refractivity contribution in [2.45, 2.75) is 44.4 Å². The number of nitrogens with zero attached hydrogens (tertiary/aromatic N) is 1. The highest BCUT2D eigenvalue weighted by Gasteiger charge is 2.29. The highest BCUT2D eigenvalue weighted by molar-refractivity contribution is 7.90. The predicted octanol–water partition coefficient (Wildman–Crippen LogP) is 1.80. The Morgan fingerprint density at radius 3 is 2.71 bits per heavy atom. The molecule has 0 aliphatic heterocycles. The molecule has 0 spiro atoms. The maximum absolute atomic E-state index is 11.7. The van der Waals surface area contributed by atoms with Gasteiger partial charge in [0.05, 0.1) is 11.4 Å². The van der Waals surface area contributed by atoms with Crippen LogP contribution in [0.4, 0.5) is 0 Å². The summed E-state index contributed by atoms with van der Waals surface area (Å²) in [5, 5.41) is 0.709. The Hall–Kier alpha value is -0.460. The molecule has 1 aliphatic carbocycles. The first kappa shape index (κ1) is 13.0. The van der Waals surface area contributed by atoms with E-state index in [-0.39, 0.29) is 11.5 Å². The van der Waals surface area contributed by atoms with Gasteiger partial charge < -0.3 is 5.73 Å². The lowest BCUT2D eigenvalue weighted by atomic mass is 10.2. The van der Waals surface area contributed by atoms with E-state index in [0.717, 1.165) is 23.4 Å². The second kappa shape index (κ2) is 5.04. The Balaban J connectivity index is 2.16. The van der Waals surface area contributed by atoms with Crippen LogP contribution in [0.15, 0.2) is 0 Å². The van der Waals surface area contributed by atoms with Crippen molar-refractivity contribution in [1.82, 2.24) is 4.98 Å². The SMILES string of the molecule is CCCS(=O)(=O)Cc1nc(C2CC2)c(CN)s1. The number of rotatable bonds is 6. The molecule has 1 fully saturated rings. The van der Waals surface area contributed by atoms with Gasteiger partial charge in [0.1, 0.15) is 10.8 Å². The molecule has 1 saturated carbocycles. The lowest BCUT2D eigenvalue weighted by Gasteiger charge is -1.98. The second-order valence-corrected chi connectivity index (χ2v) is 7.84. The van der Waals surface area contributed by atoms with Crippen LogP contribution >= 0.6 is 11.3 Å². The number of sulfone groups is 1. The summed E-state index contributed by atoms with van der Waals surface area (Å²) in [6.07, 6.45) is 2.99. The van der Waals surface area contributed by atoms with E-state index in [1.807, 2.05) is 6.92 Å². The molecule has 0 radical (unpaired) electrons. The van der Waals surface area contributed by atoms with Crippen LogP contribution < -0.4 is 5.73 Å². The molecule has 2 N–H and O–H groups in total. The van der Waals surface area contributed by atoms with Gasteiger partial charge in [-0.3, -0.25) is 0 Å². The molecule has 0 bridgehead atoms. The first-order valence-electron chi connectivity index (χ1n) is 5.94. The van der Waals surface area contributed by atoms with Crippen LogP contribution in [0, 0.1) is 0 Å². The van der Waals surface area contributed by atoms with Crippen molar-refractivity contribution in [2.24, 2.45) is 5.73 Å². The molecule has 1 aromatic heterocycles. The summed E-state index contributed by atoms with van der Waals surface area (Å²) >= 11 is 1.47. The maximum Gasteiger partial charge on any atom is 0.156 e. The van der Waals surface area contributed by atoms with Gasteiger partial charge in [0.15, 0.2) is 9.84 Å². The van der Waals surface area contributed by atoms with Gasteiger partial charge in [-0.2, -0.15) is 0 Å². The number of hydrogen-bond donors (Lipinski definition) is 1. The van der Waals surface area contributed by atoms with Crippen LogP contribution in [0.2, 0.25) is 0 Å². The zero-order valence-electron chi connectivity index (χ0n) is 9.98. The molecule has 1 heterocycles. The maximum atomic E-state index is 11.7. The van der Waals surface area contributed by atoms with E-state index in [2.05, 4.69) is 4.98 Å². The summed E-state index contributed by atoms with van der Waals surface area (Å²) in [4.78, 5) is 5.53. The molecule has 6 heteroatoms. The molecule has 1 aliphatic rings. The third-order valence-electron chi connectivity index (χ3n) is 2.78. The molecule has 2 rings (SSSR count). The van der Waals surface area contributed by atoms with E-state index in [1.165, 1.54) is 11.3 Å². The Kier molecular flexibility index (Phi) is 3.85. The zero-order chi connectivity index (χ0) is 12.5. The second-order valence-electron chi connectivity index (χ2n) is 4.49. The number of thiazole rings is 1. The number of hydrogen-bond acceptors (Lipinski definition) is 5. The molecular formula is C11H18N2O2S2. The summed E-state index contributed by atoms with van der Waals surface area (Å²) in [5.41, 5.74) is 6.73. The number of aromatic nitrogens is 1. The van der Waals surface area contributed by atoms with Crippen molar-refractivity contribution in [3.05, 3.63) is 15.6 Å². The Morgan fingerprint density at radius 2 is 2.18 bits per heavy atom. The van der Waals surface area contributed by atoms with Gasteiger partial charge >= 0.3 is 0 Å². The van der Waals surface area contributed by atoms with Crippen LogP contribution in [0.1, 0.15) is 47.7 Å². The fraction of sp³-hybridized carbons (Fsp3) is 0.727. The van der Waals surface area contributed by atoms with Crippen molar-refractivity contribution in [3.8, 4) is 0 Å². The first-order chi connectivity index (χ1) is 8.05. The van der Waals surface area contributed by atoms with Gasteiger partial charge in [-0.15, -0.1) is 11.3 Å². The first-order valence-corrected chi connectivity index (χ1v) is 8.58. The third kappa shape index (κ3) is 3.26. The van der Waals surface area contributed by atoms with Crippen LogP contribution in [-0.2, 0) is 22.1 Å². The van der Waals surface area contributed by atoms with Crippen molar-refractivity contribution in [2.75, 3.05) is 5.75 Å². The minimum atomic E-state index is -2.99. The molecule has 96 valence electrons. The fourth-order valence-corrected chi connectivity index (χ4v) is 4.68. The topological polar surface area (TPSA) is 73.0 Å². The van der Waals surface area contributed by atoms with Crippen LogP contribution in [0.5, 0.6) is 0 Å². The van der Waals surface area contributed by atoms with Crippen LogP contribution in [0.3, 0.4) is 0 Å². The van der Waals surface area contributed by atoms with E-state index in [0.29, 0.717) is 23.9 Å². The van der Waals surface area contributed by atoms with E-state index in [9.17, 15) is 8.42 Å². The molecule has 0 amide bonds. The molecular weight excluding hydrogens is 256 g/mol. The van der Waals surface area contributed by atoms with E-state index in [1.54, 1.807) is 0 Å². The molecule has 1 aromatic rings. The molecule has 4 nitrogen and oxygen atoms in total. The minimum absolute atomic E-state index is 0.0746. The van der Waals surface area contributed by atoms with Crippen molar-refractivity contribution < 1.29 is 8.42 Å². The lowest BCUT2D eigenvalue weighted by molar-refractivity contribution is 0.593.